The summed E-state index contributed by atoms with van der Waals surface area (Å²) in [4.78, 5) is 34.5. The van der Waals surface area contributed by atoms with Gasteiger partial charge in [-0.05, 0) is 37.3 Å². The maximum atomic E-state index is 12.9. The summed E-state index contributed by atoms with van der Waals surface area (Å²) in [5, 5.41) is 13.4. The summed E-state index contributed by atoms with van der Waals surface area (Å²) in [6.07, 6.45) is -0.00773. The van der Waals surface area contributed by atoms with Crippen LogP contribution in [0.5, 0.6) is 0 Å². The van der Waals surface area contributed by atoms with Gasteiger partial charge in [0.05, 0.1) is 10.5 Å². The Kier molecular flexibility index (Phi) is 5.43. The number of ketones is 1. The van der Waals surface area contributed by atoms with Crippen LogP contribution >= 0.6 is 0 Å². The number of anilines is 1. The summed E-state index contributed by atoms with van der Waals surface area (Å²) in [5.74, 6) is -1.32. The molecule has 0 radical (unpaired) electrons. The van der Waals surface area contributed by atoms with E-state index in [0.717, 1.165) is 6.07 Å². The Balaban J connectivity index is 2.05. The third kappa shape index (κ3) is 4.60. The zero-order chi connectivity index (χ0) is 18.6. The van der Waals surface area contributed by atoms with Crippen molar-refractivity contribution in [3.63, 3.8) is 0 Å². The summed E-state index contributed by atoms with van der Waals surface area (Å²) in [5.41, 5.74) is 5.83. The maximum Gasteiger partial charge on any atom is 0.270 e. The fourth-order valence-electron chi connectivity index (χ4n) is 2.24. The van der Waals surface area contributed by atoms with Crippen LogP contribution in [0, 0.1) is 15.9 Å². The highest BCUT2D eigenvalue weighted by molar-refractivity contribution is 6.01. The van der Waals surface area contributed by atoms with Gasteiger partial charge in [0.2, 0.25) is 0 Å². The van der Waals surface area contributed by atoms with Crippen molar-refractivity contribution in [2.24, 2.45) is 0 Å². The van der Waals surface area contributed by atoms with Gasteiger partial charge in [0.25, 0.3) is 11.6 Å². The fourth-order valence-corrected chi connectivity index (χ4v) is 2.24. The summed E-state index contributed by atoms with van der Waals surface area (Å²) >= 11 is 0. The molecule has 0 spiro atoms. The Morgan fingerprint density at radius 1 is 1.24 bits per heavy atom. The van der Waals surface area contributed by atoms with E-state index in [2.05, 4.69) is 5.32 Å². The lowest BCUT2D eigenvalue weighted by molar-refractivity contribution is -0.384. The maximum absolute atomic E-state index is 12.9. The number of carbonyl (C=O) groups is 2. The van der Waals surface area contributed by atoms with Crippen LogP contribution in [0.4, 0.5) is 15.8 Å². The average molecular weight is 345 g/mol. The smallest absolute Gasteiger partial charge is 0.270 e. The molecule has 8 heteroatoms. The van der Waals surface area contributed by atoms with Gasteiger partial charge in [-0.15, -0.1) is 0 Å². The minimum Gasteiger partial charge on any atom is -0.398 e. The van der Waals surface area contributed by atoms with E-state index in [9.17, 15) is 24.1 Å². The molecule has 1 atom stereocenters. The van der Waals surface area contributed by atoms with Crippen molar-refractivity contribution in [3.8, 4) is 0 Å². The summed E-state index contributed by atoms with van der Waals surface area (Å²) in [6, 6.07) is 8.12. The molecule has 7 nitrogen and oxygen atoms in total. The molecule has 0 bridgehead atoms. The van der Waals surface area contributed by atoms with E-state index in [1.54, 1.807) is 6.92 Å². The van der Waals surface area contributed by atoms with Gasteiger partial charge in [-0.1, -0.05) is 0 Å². The van der Waals surface area contributed by atoms with E-state index in [1.807, 2.05) is 0 Å². The number of halogens is 1. The fraction of sp³-hybridized carbons (Fsp3) is 0.176. The molecule has 0 fully saturated rings. The van der Waals surface area contributed by atoms with Crippen LogP contribution in [0.25, 0.3) is 0 Å². The molecule has 130 valence electrons. The number of nitro groups is 1. The van der Waals surface area contributed by atoms with Crippen molar-refractivity contribution in [2.45, 2.75) is 19.4 Å². The number of nitrogens with one attached hydrogen (secondary N) is 1. The first-order valence-corrected chi connectivity index (χ1v) is 7.41. The van der Waals surface area contributed by atoms with Crippen molar-refractivity contribution in [1.29, 1.82) is 0 Å². The van der Waals surface area contributed by atoms with Crippen LogP contribution in [0.15, 0.2) is 42.5 Å². The van der Waals surface area contributed by atoms with Gasteiger partial charge >= 0.3 is 0 Å². The second-order valence-corrected chi connectivity index (χ2v) is 5.54. The molecule has 0 aliphatic heterocycles. The highest BCUT2D eigenvalue weighted by Gasteiger charge is 2.18. The molecule has 25 heavy (non-hydrogen) atoms. The van der Waals surface area contributed by atoms with Crippen LogP contribution in [0.1, 0.15) is 34.1 Å². The highest BCUT2D eigenvalue weighted by Crippen LogP contribution is 2.20. The first kappa shape index (κ1) is 18.1. The van der Waals surface area contributed by atoms with Crippen molar-refractivity contribution in [3.05, 3.63) is 69.5 Å². The summed E-state index contributed by atoms with van der Waals surface area (Å²) in [6.45, 7) is 1.62. The topological polar surface area (TPSA) is 115 Å². The normalized spacial score (nSPS) is 11.6. The Morgan fingerprint density at radius 3 is 2.48 bits per heavy atom. The average Bonchev–Trinajstić information content (AvgIpc) is 2.55. The van der Waals surface area contributed by atoms with E-state index in [1.165, 1.54) is 36.4 Å². The predicted octanol–water partition coefficient (Wildman–Crippen LogP) is 2.71. The number of carbonyl (C=O) groups excluding carboxylic acids is 2. The first-order chi connectivity index (χ1) is 11.8. The van der Waals surface area contributed by atoms with Crippen LogP contribution < -0.4 is 11.1 Å². The monoisotopic (exact) mass is 345 g/mol. The molecule has 1 amide bonds. The molecule has 0 saturated carbocycles. The Labute approximate surface area is 142 Å². The van der Waals surface area contributed by atoms with Crippen LogP contribution in [-0.4, -0.2) is 22.7 Å². The number of nitrogen functional groups attached to an aromatic ring is 1. The first-order valence-electron chi connectivity index (χ1n) is 7.41. The zero-order valence-electron chi connectivity index (χ0n) is 13.4. The van der Waals surface area contributed by atoms with Crippen LogP contribution in [0.2, 0.25) is 0 Å². The molecule has 0 aliphatic carbocycles. The molecule has 3 N–H and O–H groups in total. The van der Waals surface area contributed by atoms with Gasteiger partial charge in [0.1, 0.15) is 5.82 Å². The lowest BCUT2D eigenvalue weighted by Crippen LogP contribution is -2.34. The van der Waals surface area contributed by atoms with Gasteiger partial charge in [-0.3, -0.25) is 19.7 Å². The lowest BCUT2D eigenvalue weighted by Gasteiger charge is -2.14. The van der Waals surface area contributed by atoms with E-state index in [4.69, 9.17) is 5.73 Å². The number of hydrogen-bond donors (Lipinski definition) is 2. The van der Waals surface area contributed by atoms with E-state index in [-0.39, 0.29) is 29.1 Å². The second kappa shape index (κ2) is 7.52. The molecule has 2 rings (SSSR count). The van der Waals surface area contributed by atoms with Crippen molar-refractivity contribution < 1.29 is 18.9 Å². The van der Waals surface area contributed by atoms with E-state index in [0.29, 0.717) is 5.56 Å². The number of Topliss-reactive ketones (excluding diaryl/α,β-unsaturated/α-hetero) is 1. The zero-order valence-corrected chi connectivity index (χ0v) is 13.4. The molecular formula is C17H16FN3O4. The number of rotatable bonds is 6. The lowest BCUT2D eigenvalue weighted by atomic mass is 10.0. The molecule has 2 aromatic carbocycles. The third-order valence-corrected chi connectivity index (χ3v) is 3.53. The van der Waals surface area contributed by atoms with E-state index >= 15 is 0 Å². The summed E-state index contributed by atoms with van der Waals surface area (Å²) < 4.78 is 12.9. The van der Waals surface area contributed by atoms with Crippen LogP contribution in [-0.2, 0) is 0 Å². The van der Waals surface area contributed by atoms with Gasteiger partial charge in [-0.25, -0.2) is 4.39 Å². The Morgan fingerprint density at radius 2 is 1.88 bits per heavy atom. The number of nitro benzene ring substituents is 1. The number of non-ortho nitro benzene ring substituents is 1. The number of hydrogen-bond acceptors (Lipinski definition) is 5. The predicted molar refractivity (Wildman–Crippen MR) is 89.8 cm³/mol. The third-order valence-electron chi connectivity index (χ3n) is 3.53. The molecule has 0 saturated heterocycles. The summed E-state index contributed by atoms with van der Waals surface area (Å²) in [7, 11) is 0. The number of nitrogens with zero attached hydrogens (tertiary/aromatic N) is 1. The van der Waals surface area contributed by atoms with Gasteiger partial charge in [0, 0.05) is 35.8 Å². The van der Waals surface area contributed by atoms with Gasteiger partial charge in [-0.2, -0.15) is 0 Å². The molecule has 0 unspecified atom stereocenters. The highest BCUT2D eigenvalue weighted by atomic mass is 19.1. The molecule has 2 aromatic rings. The van der Waals surface area contributed by atoms with Gasteiger partial charge in [0.15, 0.2) is 5.78 Å². The second-order valence-electron chi connectivity index (χ2n) is 5.54. The largest absolute Gasteiger partial charge is 0.398 e. The molecule has 0 heterocycles. The van der Waals surface area contributed by atoms with Crippen LogP contribution in [0.3, 0.4) is 0 Å². The van der Waals surface area contributed by atoms with Crippen molar-refractivity contribution in [1.82, 2.24) is 5.32 Å². The number of amides is 1. The number of benzene rings is 2. The standard InChI is InChI=1S/C17H16FN3O4/c1-10(8-16(22)11-2-4-12(18)5-3-11)20-17(23)14-9-13(21(24)25)6-7-15(14)19/h2-7,9-10H,8,19H2,1H3,(H,20,23)/t10-/m0/s1. The Hall–Kier alpha value is -3.29. The molecule has 0 aliphatic rings. The number of nitrogens with two attached hydrogens (primary N) is 1. The van der Waals surface area contributed by atoms with Gasteiger partial charge < -0.3 is 11.1 Å². The quantitative estimate of drug-likeness (QED) is 0.361. The minimum absolute atomic E-state index is 0.00773. The van der Waals surface area contributed by atoms with E-state index < -0.39 is 22.7 Å². The Bertz CT molecular complexity index is 821. The van der Waals surface area contributed by atoms with Crippen molar-refractivity contribution >= 4 is 23.1 Å². The minimum atomic E-state index is -0.627. The molecule has 0 aromatic heterocycles. The molecular weight excluding hydrogens is 329 g/mol. The van der Waals surface area contributed by atoms with Crippen molar-refractivity contribution in [2.75, 3.05) is 5.73 Å². The SMILES string of the molecule is C[C@@H](CC(=O)c1ccc(F)cc1)NC(=O)c1cc([N+](=O)[O-])ccc1N.